The van der Waals surface area contributed by atoms with Gasteiger partial charge in [-0.25, -0.2) is 4.98 Å². The van der Waals surface area contributed by atoms with Crippen LogP contribution in [0.1, 0.15) is 5.69 Å². The van der Waals surface area contributed by atoms with Crippen LogP contribution in [0.15, 0.2) is 30.9 Å². The van der Waals surface area contributed by atoms with Gasteiger partial charge in [0.25, 0.3) is 0 Å². The topological polar surface area (TPSA) is 85.8 Å². The smallest absolute Gasteiger partial charge is 0.383 e. The van der Waals surface area contributed by atoms with Crippen LogP contribution in [-0.2, 0) is 18.0 Å². The summed E-state index contributed by atoms with van der Waals surface area (Å²) in [7, 11) is 1.37. The predicted molar refractivity (Wildman–Crippen MR) is 74.7 cm³/mol. The zero-order valence-corrected chi connectivity index (χ0v) is 11.5. The van der Waals surface area contributed by atoms with Gasteiger partial charge in [0.1, 0.15) is 11.6 Å². The fraction of sp³-hybridized carbons (Fsp3) is 0.154. The van der Waals surface area contributed by atoms with Crippen molar-refractivity contribution in [2.75, 3.05) is 11.1 Å². The Morgan fingerprint density at radius 2 is 2.14 bits per heavy atom. The highest BCUT2D eigenvalue weighted by Gasteiger charge is 2.34. The number of hydrogen-bond donors (Lipinski definition) is 2. The van der Waals surface area contributed by atoms with E-state index in [4.69, 9.17) is 5.73 Å². The molecule has 2 aromatic rings. The van der Waals surface area contributed by atoms with Gasteiger partial charge in [-0.05, 0) is 24.3 Å². The minimum atomic E-state index is -4.55. The minimum absolute atomic E-state index is 0.0291. The van der Waals surface area contributed by atoms with Crippen LogP contribution in [0.4, 0.5) is 24.8 Å². The molecule has 2 heterocycles. The van der Waals surface area contributed by atoms with Gasteiger partial charge in [0.2, 0.25) is 5.91 Å². The van der Waals surface area contributed by atoms with Crippen molar-refractivity contribution in [1.82, 2.24) is 14.8 Å². The molecule has 116 valence electrons. The van der Waals surface area contributed by atoms with Crippen molar-refractivity contribution in [3.63, 3.8) is 0 Å². The van der Waals surface area contributed by atoms with Crippen molar-refractivity contribution >= 4 is 17.5 Å². The number of aryl methyl sites for hydroxylation is 1. The summed E-state index contributed by atoms with van der Waals surface area (Å²) in [5, 5.41) is 5.81. The molecule has 0 unspecified atom stereocenters. The molecule has 0 saturated carbocycles. The van der Waals surface area contributed by atoms with E-state index in [1.807, 2.05) is 0 Å². The normalized spacial score (nSPS) is 11.3. The van der Waals surface area contributed by atoms with Crippen molar-refractivity contribution in [1.29, 1.82) is 0 Å². The number of nitrogens with two attached hydrogens (primary N) is 1. The number of hydrogen-bond acceptors (Lipinski definition) is 4. The Hall–Kier alpha value is -2.84. The SMILES string of the molecule is C=CC(=O)Nc1ccc(-c2cc(C(F)(F)F)nn2C)c(N)n1. The Kier molecular flexibility index (Phi) is 3.89. The third-order valence-corrected chi connectivity index (χ3v) is 2.81. The van der Waals surface area contributed by atoms with E-state index < -0.39 is 17.8 Å². The molecule has 6 nitrogen and oxygen atoms in total. The van der Waals surface area contributed by atoms with Crippen LogP contribution in [-0.4, -0.2) is 20.7 Å². The van der Waals surface area contributed by atoms with Crippen LogP contribution >= 0.6 is 0 Å². The number of pyridine rings is 1. The van der Waals surface area contributed by atoms with Gasteiger partial charge in [0.05, 0.1) is 5.69 Å². The maximum absolute atomic E-state index is 12.7. The molecule has 0 aromatic carbocycles. The molecule has 0 bridgehead atoms. The lowest BCUT2D eigenvalue weighted by Crippen LogP contribution is -2.10. The molecule has 3 N–H and O–H groups in total. The summed E-state index contributed by atoms with van der Waals surface area (Å²) < 4.78 is 39.1. The number of nitrogens with zero attached hydrogens (tertiary/aromatic N) is 3. The second kappa shape index (κ2) is 5.51. The molecule has 0 saturated heterocycles. The summed E-state index contributed by atoms with van der Waals surface area (Å²) in [5.41, 5.74) is 5.17. The van der Waals surface area contributed by atoms with Crippen molar-refractivity contribution < 1.29 is 18.0 Å². The lowest BCUT2D eigenvalue weighted by Gasteiger charge is -2.07. The minimum Gasteiger partial charge on any atom is -0.383 e. The van der Waals surface area contributed by atoms with E-state index in [0.29, 0.717) is 0 Å². The summed E-state index contributed by atoms with van der Waals surface area (Å²) in [6, 6.07) is 3.76. The molecule has 9 heteroatoms. The van der Waals surface area contributed by atoms with Gasteiger partial charge < -0.3 is 11.1 Å². The Labute approximate surface area is 123 Å². The number of amides is 1. The fourth-order valence-corrected chi connectivity index (χ4v) is 1.80. The molecule has 0 spiro atoms. The molecule has 0 aliphatic rings. The number of carbonyl (C=O) groups excluding carboxylic acids is 1. The van der Waals surface area contributed by atoms with Gasteiger partial charge in [0, 0.05) is 12.6 Å². The third kappa shape index (κ3) is 3.08. The molecule has 2 aromatic heterocycles. The predicted octanol–water partition coefficient (Wildman–Crippen LogP) is 2.21. The summed E-state index contributed by atoms with van der Waals surface area (Å²) in [5.74, 6) is -0.331. The Morgan fingerprint density at radius 1 is 1.45 bits per heavy atom. The zero-order valence-electron chi connectivity index (χ0n) is 11.5. The molecule has 0 radical (unpaired) electrons. The lowest BCUT2D eigenvalue weighted by atomic mass is 10.1. The van der Waals surface area contributed by atoms with Gasteiger partial charge >= 0.3 is 6.18 Å². The third-order valence-electron chi connectivity index (χ3n) is 2.81. The summed E-state index contributed by atoms with van der Waals surface area (Å²) >= 11 is 0. The first kappa shape index (κ1) is 15.5. The Balaban J connectivity index is 2.40. The molecule has 0 atom stereocenters. The van der Waals surface area contributed by atoms with Crippen LogP contribution in [0, 0.1) is 0 Å². The van der Waals surface area contributed by atoms with Crippen LogP contribution in [0.5, 0.6) is 0 Å². The van der Waals surface area contributed by atoms with E-state index in [1.165, 1.54) is 19.2 Å². The van der Waals surface area contributed by atoms with Crippen LogP contribution in [0.2, 0.25) is 0 Å². The number of aromatic nitrogens is 3. The average molecular weight is 311 g/mol. The van der Waals surface area contributed by atoms with Gasteiger partial charge in [-0.2, -0.15) is 18.3 Å². The summed E-state index contributed by atoms with van der Waals surface area (Å²) in [4.78, 5) is 15.1. The average Bonchev–Trinajstić information content (AvgIpc) is 2.81. The molecule has 1 amide bonds. The van der Waals surface area contributed by atoms with Crippen molar-refractivity contribution in [3.8, 4) is 11.3 Å². The molecule has 22 heavy (non-hydrogen) atoms. The molecule has 0 aliphatic heterocycles. The molecule has 0 aliphatic carbocycles. The van der Waals surface area contributed by atoms with Crippen LogP contribution in [0.25, 0.3) is 11.3 Å². The number of carbonyl (C=O) groups is 1. The number of alkyl halides is 3. The van der Waals surface area contributed by atoms with Crippen molar-refractivity contribution in [2.45, 2.75) is 6.18 Å². The number of nitrogens with one attached hydrogen (secondary N) is 1. The number of halogens is 3. The second-order valence-electron chi connectivity index (χ2n) is 4.36. The van der Waals surface area contributed by atoms with E-state index in [9.17, 15) is 18.0 Å². The van der Waals surface area contributed by atoms with Crippen molar-refractivity contribution in [3.05, 3.63) is 36.5 Å². The zero-order chi connectivity index (χ0) is 16.5. The summed E-state index contributed by atoms with van der Waals surface area (Å²) in [6.07, 6.45) is -3.49. The summed E-state index contributed by atoms with van der Waals surface area (Å²) in [6.45, 7) is 3.29. The standard InChI is InChI=1S/C13H12F3N5O/c1-3-11(22)18-10-5-4-7(12(17)19-10)8-6-9(13(14,15)16)20-21(8)2/h3-6H,1H2,2H3,(H3,17,18,19,22). The second-order valence-corrected chi connectivity index (χ2v) is 4.36. The van der Waals surface area contributed by atoms with E-state index >= 15 is 0 Å². The lowest BCUT2D eigenvalue weighted by molar-refractivity contribution is -0.141. The Bertz CT molecular complexity index is 736. The first-order valence-electron chi connectivity index (χ1n) is 6.04. The number of rotatable bonds is 3. The van der Waals surface area contributed by atoms with Crippen molar-refractivity contribution in [2.24, 2.45) is 7.05 Å². The highest BCUT2D eigenvalue weighted by molar-refractivity contribution is 5.98. The van der Waals surface area contributed by atoms with Gasteiger partial charge in [-0.15, -0.1) is 0 Å². The molecule has 0 fully saturated rings. The van der Waals surface area contributed by atoms with Gasteiger partial charge in [-0.3, -0.25) is 9.48 Å². The van der Waals surface area contributed by atoms with E-state index in [-0.39, 0.29) is 22.9 Å². The number of anilines is 2. The maximum Gasteiger partial charge on any atom is 0.435 e. The van der Waals surface area contributed by atoms with Crippen LogP contribution in [0.3, 0.4) is 0 Å². The molecular formula is C13H12F3N5O. The van der Waals surface area contributed by atoms with E-state index in [0.717, 1.165) is 16.8 Å². The van der Waals surface area contributed by atoms with Gasteiger partial charge in [-0.1, -0.05) is 6.58 Å². The number of nitrogen functional groups attached to an aromatic ring is 1. The monoisotopic (exact) mass is 311 g/mol. The quantitative estimate of drug-likeness (QED) is 0.851. The van der Waals surface area contributed by atoms with Gasteiger partial charge in [0.15, 0.2) is 5.69 Å². The molecule has 2 rings (SSSR count). The first-order valence-corrected chi connectivity index (χ1v) is 6.04. The first-order chi connectivity index (χ1) is 10.2. The van der Waals surface area contributed by atoms with Crippen LogP contribution < -0.4 is 11.1 Å². The molecular weight excluding hydrogens is 299 g/mol. The highest BCUT2D eigenvalue weighted by Crippen LogP contribution is 2.33. The largest absolute Gasteiger partial charge is 0.435 e. The highest BCUT2D eigenvalue weighted by atomic mass is 19.4. The van der Waals surface area contributed by atoms with E-state index in [2.05, 4.69) is 22.0 Å². The fourth-order valence-electron chi connectivity index (χ4n) is 1.80. The Morgan fingerprint density at radius 3 is 2.64 bits per heavy atom. The maximum atomic E-state index is 12.7. The van der Waals surface area contributed by atoms with E-state index in [1.54, 1.807) is 0 Å².